The molecule has 1 aliphatic heterocycles. The summed E-state index contributed by atoms with van der Waals surface area (Å²) >= 11 is 0. The Balaban J connectivity index is 1.92. The van der Waals surface area contributed by atoms with Crippen molar-refractivity contribution >= 4 is 5.69 Å². The minimum Gasteiger partial charge on any atom is -0.373 e. The van der Waals surface area contributed by atoms with Gasteiger partial charge in [0.2, 0.25) is 0 Å². The molecule has 0 unspecified atom stereocenters. The number of hydrogen-bond donors (Lipinski definition) is 1. The van der Waals surface area contributed by atoms with Crippen molar-refractivity contribution in [1.29, 1.82) is 0 Å². The summed E-state index contributed by atoms with van der Waals surface area (Å²) in [5, 5.41) is 3.52. The number of benzene rings is 1. The minimum atomic E-state index is 0.681. The van der Waals surface area contributed by atoms with Crippen LogP contribution in [0.2, 0.25) is 0 Å². The molecule has 1 aromatic rings. The van der Waals surface area contributed by atoms with Crippen LogP contribution in [-0.2, 0) is 0 Å². The summed E-state index contributed by atoms with van der Waals surface area (Å²) in [5.41, 5.74) is 1.31. The second-order valence-corrected chi connectivity index (χ2v) is 4.01. The number of nitrogens with one attached hydrogen (secondary N) is 1. The number of likely N-dealkylation sites (N-methyl/N-ethyl adjacent to an activating group) is 1. The van der Waals surface area contributed by atoms with Gasteiger partial charge in [-0.2, -0.15) is 0 Å². The largest absolute Gasteiger partial charge is 0.373 e. The SMILES string of the molecule is CN(C[C@@H]1CCCN1)c1ccccc1. The fraction of sp³-hybridized carbons (Fsp3) is 0.500. The molecular weight excluding hydrogens is 172 g/mol. The molecule has 1 aliphatic rings. The minimum absolute atomic E-state index is 0.681. The Hall–Kier alpha value is -1.02. The fourth-order valence-electron chi connectivity index (χ4n) is 2.03. The molecule has 0 aliphatic carbocycles. The summed E-state index contributed by atoms with van der Waals surface area (Å²) in [6.07, 6.45) is 2.64. The van der Waals surface area contributed by atoms with Crippen molar-refractivity contribution in [2.24, 2.45) is 0 Å². The maximum atomic E-state index is 3.52. The highest BCUT2D eigenvalue weighted by atomic mass is 15.1. The van der Waals surface area contributed by atoms with E-state index in [-0.39, 0.29) is 0 Å². The van der Waals surface area contributed by atoms with Crippen molar-refractivity contribution in [3.05, 3.63) is 30.3 Å². The van der Waals surface area contributed by atoms with Crippen LogP contribution in [0, 0.1) is 0 Å². The van der Waals surface area contributed by atoms with Gasteiger partial charge in [0.15, 0.2) is 0 Å². The van der Waals surface area contributed by atoms with E-state index < -0.39 is 0 Å². The third-order valence-electron chi connectivity index (χ3n) is 2.85. The van der Waals surface area contributed by atoms with Crippen LogP contribution in [0.15, 0.2) is 30.3 Å². The number of para-hydroxylation sites is 1. The van der Waals surface area contributed by atoms with Gasteiger partial charge in [0.1, 0.15) is 0 Å². The van der Waals surface area contributed by atoms with E-state index in [1.54, 1.807) is 0 Å². The molecule has 2 rings (SSSR count). The quantitative estimate of drug-likeness (QED) is 0.783. The van der Waals surface area contributed by atoms with Crippen molar-refractivity contribution in [2.45, 2.75) is 18.9 Å². The van der Waals surface area contributed by atoms with Crippen molar-refractivity contribution < 1.29 is 0 Å². The Morgan fingerprint density at radius 1 is 1.36 bits per heavy atom. The van der Waals surface area contributed by atoms with Gasteiger partial charge in [0.25, 0.3) is 0 Å². The van der Waals surface area contributed by atoms with E-state index in [0.717, 1.165) is 6.54 Å². The Morgan fingerprint density at radius 2 is 2.14 bits per heavy atom. The lowest BCUT2D eigenvalue weighted by Crippen LogP contribution is -2.35. The molecule has 0 saturated carbocycles. The molecule has 1 saturated heterocycles. The highest BCUT2D eigenvalue weighted by molar-refractivity contribution is 5.45. The number of anilines is 1. The normalized spacial score (nSPS) is 21.1. The summed E-state index contributed by atoms with van der Waals surface area (Å²) in [6, 6.07) is 11.2. The van der Waals surface area contributed by atoms with E-state index in [2.05, 4.69) is 47.6 Å². The number of nitrogens with zero attached hydrogens (tertiary/aromatic N) is 1. The molecule has 76 valence electrons. The molecule has 2 nitrogen and oxygen atoms in total. The standard InChI is InChI=1S/C12H18N2/c1-14(10-11-6-5-9-13-11)12-7-3-2-4-8-12/h2-4,7-8,11,13H,5-6,9-10H2,1H3/t11-/m0/s1. The summed E-state index contributed by atoms with van der Waals surface area (Å²) < 4.78 is 0. The van der Waals surface area contributed by atoms with E-state index in [0.29, 0.717) is 6.04 Å². The van der Waals surface area contributed by atoms with Crippen LogP contribution in [0.1, 0.15) is 12.8 Å². The van der Waals surface area contributed by atoms with Crippen LogP contribution in [0.5, 0.6) is 0 Å². The van der Waals surface area contributed by atoms with E-state index in [1.165, 1.54) is 25.1 Å². The third kappa shape index (κ3) is 2.26. The predicted octanol–water partition coefficient (Wildman–Crippen LogP) is 1.87. The molecule has 1 atom stereocenters. The van der Waals surface area contributed by atoms with Gasteiger partial charge < -0.3 is 10.2 Å². The lowest BCUT2D eigenvalue weighted by molar-refractivity contribution is 0.600. The Morgan fingerprint density at radius 3 is 2.79 bits per heavy atom. The van der Waals surface area contributed by atoms with Crippen molar-refractivity contribution in [1.82, 2.24) is 5.32 Å². The Bertz CT molecular complexity index is 265. The highest BCUT2D eigenvalue weighted by Gasteiger charge is 2.15. The molecule has 0 spiro atoms. The van der Waals surface area contributed by atoms with Crippen LogP contribution in [0.25, 0.3) is 0 Å². The molecule has 0 amide bonds. The van der Waals surface area contributed by atoms with Gasteiger partial charge >= 0.3 is 0 Å². The van der Waals surface area contributed by atoms with Crippen LogP contribution >= 0.6 is 0 Å². The average Bonchev–Trinajstić information content (AvgIpc) is 2.72. The summed E-state index contributed by atoms with van der Waals surface area (Å²) in [7, 11) is 2.16. The molecule has 0 radical (unpaired) electrons. The monoisotopic (exact) mass is 190 g/mol. The first-order valence-corrected chi connectivity index (χ1v) is 5.36. The van der Waals surface area contributed by atoms with E-state index in [9.17, 15) is 0 Å². The fourth-order valence-corrected chi connectivity index (χ4v) is 2.03. The molecule has 1 heterocycles. The van der Waals surface area contributed by atoms with E-state index >= 15 is 0 Å². The summed E-state index contributed by atoms with van der Waals surface area (Å²) in [4.78, 5) is 2.32. The van der Waals surface area contributed by atoms with Crippen molar-refractivity contribution in [2.75, 3.05) is 25.0 Å². The summed E-state index contributed by atoms with van der Waals surface area (Å²) in [6.45, 7) is 2.30. The Kier molecular flexibility index (Phi) is 3.04. The van der Waals surface area contributed by atoms with Gasteiger partial charge in [-0.3, -0.25) is 0 Å². The Labute approximate surface area is 85.9 Å². The van der Waals surface area contributed by atoms with Gasteiger partial charge in [-0.25, -0.2) is 0 Å². The predicted molar refractivity (Wildman–Crippen MR) is 60.7 cm³/mol. The lowest BCUT2D eigenvalue weighted by atomic mass is 10.2. The van der Waals surface area contributed by atoms with Crippen LogP contribution in [0.3, 0.4) is 0 Å². The van der Waals surface area contributed by atoms with Crippen LogP contribution in [0.4, 0.5) is 5.69 Å². The molecule has 0 bridgehead atoms. The lowest BCUT2D eigenvalue weighted by Gasteiger charge is -2.23. The zero-order valence-corrected chi connectivity index (χ0v) is 8.74. The van der Waals surface area contributed by atoms with Crippen molar-refractivity contribution in [3.63, 3.8) is 0 Å². The third-order valence-corrected chi connectivity index (χ3v) is 2.85. The second kappa shape index (κ2) is 4.47. The molecule has 1 N–H and O–H groups in total. The zero-order chi connectivity index (χ0) is 9.80. The maximum absolute atomic E-state index is 3.52. The number of rotatable bonds is 3. The van der Waals surface area contributed by atoms with Crippen LogP contribution in [-0.4, -0.2) is 26.2 Å². The van der Waals surface area contributed by atoms with Crippen molar-refractivity contribution in [3.8, 4) is 0 Å². The highest BCUT2D eigenvalue weighted by Crippen LogP contribution is 2.13. The summed E-state index contributed by atoms with van der Waals surface area (Å²) in [5.74, 6) is 0. The molecule has 0 aromatic heterocycles. The molecular formula is C12H18N2. The molecule has 2 heteroatoms. The smallest absolute Gasteiger partial charge is 0.0364 e. The molecule has 1 aromatic carbocycles. The molecule has 1 fully saturated rings. The van der Waals surface area contributed by atoms with Gasteiger partial charge in [-0.05, 0) is 31.5 Å². The van der Waals surface area contributed by atoms with Gasteiger partial charge in [-0.1, -0.05) is 18.2 Å². The topological polar surface area (TPSA) is 15.3 Å². The first-order valence-electron chi connectivity index (χ1n) is 5.36. The van der Waals surface area contributed by atoms with Gasteiger partial charge in [-0.15, -0.1) is 0 Å². The van der Waals surface area contributed by atoms with Gasteiger partial charge in [0, 0.05) is 25.3 Å². The van der Waals surface area contributed by atoms with Gasteiger partial charge in [0.05, 0.1) is 0 Å². The van der Waals surface area contributed by atoms with E-state index in [4.69, 9.17) is 0 Å². The number of hydrogen-bond acceptors (Lipinski definition) is 2. The van der Waals surface area contributed by atoms with Crippen LogP contribution < -0.4 is 10.2 Å². The molecule has 14 heavy (non-hydrogen) atoms. The zero-order valence-electron chi connectivity index (χ0n) is 8.74. The second-order valence-electron chi connectivity index (χ2n) is 4.01. The first kappa shape index (κ1) is 9.53. The average molecular weight is 190 g/mol. The van der Waals surface area contributed by atoms with E-state index in [1.807, 2.05) is 0 Å². The first-order chi connectivity index (χ1) is 6.86. The maximum Gasteiger partial charge on any atom is 0.0364 e.